The van der Waals surface area contributed by atoms with Gasteiger partial charge >= 0.3 is 11.4 Å². The van der Waals surface area contributed by atoms with Gasteiger partial charge in [-0.3, -0.25) is 4.18 Å². The lowest BCUT2D eigenvalue weighted by Crippen LogP contribution is -2.13. The number of rotatable bonds is 2. The summed E-state index contributed by atoms with van der Waals surface area (Å²) in [6, 6.07) is 0. The van der Waals surface area contributed by atoms with Crippen molar-refractivity contribution in [2.24, 2.45) is 0 Å². The maximum Gasteiger partial charge on any atom is 0.307 e. The van der Waals surface area contributed by atoms with Crippen LogP contribution < -0.4 is 0 Å². The largest absolute Gasteiger partial charge is 0.349 e. The second kappa shape index (κ2) is 3.26. The summed E-state index contributed by atoms with van der Waals surface area (Å²) >= 11 is -1.58. The Bertz CT molecular complexity index is 115. The van der Waals surface area contributed by atoms with Crippen LogP contribution in [-0.2, 0) is 24.5 Å². The number of ether oxygens (including phenoxy) is 1. The van der Waals surface area contributed by atoms with Crippen LogP contribution in [0, 0.1) is 0 Å². The predicted molar refractivity (Wildman–Crippen MR) is 30.6 cm³/mol. The minimum atomic E-state index is -1.58. The predicted octanol–water partition coefficient (Wildman–Crippen LogP) is -0.0255. The molecule has 4 nitrogen and oxygen atoms in total. The molecule has 0 N–H and O–H groups in total. The number of hydrogen-bond acceptors (Lipinski definition) is 4. The van der Waals surface area contributed by atoms with Gasteiger partial charge in [0.1, 0.15) is 6.61 Å². The maximum absolute atomic E-state index is 10.3. The smallest absolute Gasteiger partial charge is 0.307 e. The van der Waals surface area contributed by atoms with Gasteiger partial charge in [0.25, 0.3) is 0 Å². The van der Waals surface area contributed by atoms with Crippen molar-refractivity contribution in [2.75, 3.05) is 13.2 Å². The van der Waals surface area contributed by atoms with Crippen molar-refractivity contribution in [3.63, 3.8) is 0 Å². The Morgan fingerprint density at radius 3 is 3.11 bits per heavy atom. The van der Waals surface area contributed by atoms with E-state index in [-0.39, 0.29) is 6.61 Å². The molecule has 1 fully saturated rings. The molecule has 1 aliphatic rings. The van der Waals surface area contributed by atoms with Gasteiger partial charge in [-0.2, -0.15) is 4.21 Å². The van der Waals surface area contributed by atoms with Crippen LogP contribution in [0.5, 0.6) is 0 Å². The molecular formula is C4H8O4S. The third-order valence-electron chi connectivity index (χ3n) is 0.839. The van der Waals surface area contributed by atoms with Gasteiger partial charge in [-0.05, 0) is 6.92 Å². The molecule has 0 aromatic heterocycles. The molecule has 54 valence electrons. The second-order valence-electron chi connectivity index (χ2n) is 1.47. The lowest BCUT2D eigenvalue weighted by molar-refractivity contribution is -0.0594. The van der Waals surface area contributed by atoms with Crippen LogP contribution in [0.2, 0.25) is 0 Å². The quantitative estimate of drug-likeness (QED) is 0.557. The highest BCUT2D eigenvalue weighted by molar-refractivity contribution is 7.75. The van der Waals surface area contributed by atoms with Crippen molar-refractivity contribution in [1.82, 2.24) is 0 Å². The normalized spacial score (nSPS) is 35.2. The zero-order valence-electron chi connectivity index (χ0n) is 5.03. The molecule has 9 heavy (non-hydrogen) atoms. The van der Waals surface area contributed by atoms with Crippen molar-refractivity contribution in [1.29, 1.82) is 0 Å². The topological polar surface area (TPSA) is 44.8 Å². The summed E-state index contributed by atoms with van der Waals surface area (Å²) in [5, 5.41) is 0. The van der Waals surface area contributed by atoms with Gasteiger partial charge in [-0.15, -0.1) is 0 Å². The van der Waals surface area contributed by atoms with Crippen molar-refractivity contribution >= 4 is 11.4 Å². The Hall–Kier alpha value is 0.0300. The van der Waals surface area contributed by atoms with E-state index in [1.807, 2.05) is 6.92 Å². The Morgan fingerprint density at radius 2 is 2.67 bits per heavy atom. The van der Waals surface area contributed by atoms with Crippen LogP contribution in [-0.4, -0.2) is 23.7 Å². The molecule has 0 aromatic carbocycles. The zero-order valence-corrected chi connectivity index (χ0v) is 5.85. The Labute approximate surface area is 56.0 Å². The molecule has 0 amide bonds. The fourth-order valence-electron chi connectivity index (χ4n) is 0.516. The average molecular weight is 152 g/mol. The van der Waals surface area contributed by atoms with E-state index in [1.165, 1.54) is 0 Å². The molecule has 1 heterocycles. The van der Waals surface area contributed by atoms with Gasteiger partial charge in [0.15, 0.2) is 6.29 Å². The highest BCUT2D eigenvalue weighted by atomic mass is 32.2. The molecule has 0 aliphatic carbocycles. The fourth-order valence-corrected chi connectivity index (χ4v) is 1.08. The molecule has 2 atom stereocenters. The van der Waals surface area contributed by atoms with E-state index in [2.05, 4.69) is 8.37 Å². The van der Waals surface area contributed by atoms with E-state index >= 15 is 0 Å². The summed E-state index contributed by atoms with van der Waals surface area (Å²) in [7, 11) is 0. The van der Waals surface area contributed by atoms with Crippen molar-refractivity contribution in [3.05, 3.63) is 0 Å². The first-order chi connectivity index (χ1) is 4.33. The van der Waals surface area contributed by atoms with Crippen LogP contribution in [0.25, 0.3) is 0 Å². The summed E-state index contributed by atoms with van der Waals surface area (Å²) in [5.41, 5.74) is 0. The molecule has 0 radical (unpaired) electrons. The monoisotopic (exact) mass is 152 g/mol. The van der Waals surface area contributed by atoms with Crippen molar-refractivity contribution in [3.8, 4) is 0 Å². The minimum Gasteiger partial charge on any atom is -0.349 e. The van der Waals surface area contributed by atoms with E-state index < -0.39 is 17.7 Å². The third kappa shape index (κ3) is 2.02. The van der Waals surface area contributed by atoms with Crippen molar-refractivity contribution < 1.29 is 17.3 Å². The van der Waals surface area contributed by atoms with E-state index in [1.54, 1.807) is 0 Å². The van der Waals surface area contributed by atoms with Crippen LogP contribution in [0.4, 0.5) is 0 Å². The summed E-state index contributed by atoms with van der Waals surface area (Å²) in [6.45, 7) is 2.65. The third-order valence-corrected chi connectivity index (χ3v) is 1.54. The summed E-state index contributed by atoms with van der Waals surface area (Å²) in [5.74, 6) is 0. The first-order valence-electron chi connectivity index (χ1n) is 2.66. The molecule has 0 saturated carbocycles. The van der Waals surface area contributed by atoms with Crippen LogP contribution in [0.3, 0.4) is 0 Å². The highest BCUT2D eigenvalue weighted by Gasteiger charge is 2.22. The Balaban J connectivity index is 2.22. The van der Waals surface area contributed by atoms with Gasteiger partial charge in [-0.1, -0.05) is 0 Å². The van der Waals surface area contributed by atoms with Crippen LogP contribution in [0.15, 0.2) is 0 Å². The molecule has 1 aliphatic heterocycles. The lowest BCUT2D eigenvalue weighted by Gasteiger charge is -2.02. The molecule has 2 unspecified atom stereocenters. The number of hydrogen-bond donors (Lipinski definition) is 0. The molecule has 1 rings (SSSR count). The summed E-state index contributed by atoms with van der Waals surface area (Å²) in [4.78, 5) is 0. The summed E-state index contributed by atoms with van der Waals surface area (Å²) < 4.78 is 24.4. The zero-order chi connectivity index (χ0) is 6.69. The first kappa shape index (κ1) is 7.14. The average Bonchev–Trinajstić information content (AvgIpc) is 2.17. The van der Waals surface area contributed by atoms with Crippen LogP contribution in [0.1, 0.15) is 6.92 Å². The maximum atomic E-state index is 10.3. The molecular weight excluding hydrogens is 144 g/mol. The molecule has 0 bridgehead atoms. The molecule has 1 saturated heterocycles. The van der Waals surface area contributed by atoms with Gasteiger partial charge in [0.05, 0.1) is 0 Å². The molecule has 0 spiro atoms. The summed E-state index contributed by atoms with van der Waals surface area (Å²) in [6.07, 6.45) is -0.434. The highest BCUT2D eigenvalue weighted by Crippen LogP contribution is 2.08. The van der Waals surface area contributed by atoms with Gasteiger partial charge < -0.3 is 4.74 Å². The Morgan fingerprint density at radius 1 is 1.89 bits per heavy atom. The van der Waals surface area contributed by atoms with Crippen molar-refractivity contribution in [2.45, 2.75) is 13.2 Å². The molecule has 5 heteroatoms. The lowest BCUT2D eigenvalue weighted by atomic mass is 10.7. The SMILES string of the molecule is CCOC1COS(=O)O1. The first-order valence-corrected chi connectivity index (χ1v) is 3.66. The van der Waals surface area contributed by atoms with E-state index in [4.69, 9.17) is 4.74 Å². The van der Waals surface area contributed by atoms with Crippen LogP contribution >= 0.6 is 0 Å². The van der Waals surface area contributed by atoms with E-state index in [9.17, 15) is 4.21 Å². The van der Waals surface area contributed by atoms with E-state index in [0.717, 1.165) is 0 Å². The van der Waals surface area contributed by atoms with Gasteiger partial charge in [0.2, 0.25) is 0 Å². The Kier molecular flexibility index (Phi) is 2.59. The molecule has 0 aromatic rings. The standard InChI is InChI=1S/C4H8O4S/c1-2-6-4-3-7-9(5)8-4/h4H,2-3H2,1H3. The fraction of sp³-hybridized carbons (Fsp3) is 1.00. The second-order valence-corrected chi connectivity index (χ2v) is 2.31. The van der Waals surface area contributed by atoms with Gasteiger partial charge in [0, 0.05) is 6.61 Å². The van der Waals surface area contributed by atoms with E-state index in [0.29, 0.717) is 6.61 Å². The van der Waals surface area contributed by atoms with Gasteiger partial charge in [-0.25, -0.2) is 4.18 Å². The minimum absolute atomic E-state index is 0.264.